The van der Waals surface area contributed by atoms with Gasteiger partial charge in [0.1, 0.15) is 5.52 Å². The van der Waals surface area contributed by atoms with Crippen LogP contribution in [0.25, 0.3) is 22.6 Å². The molecule has 4 rings (SSSR count). The Hall–Kier alpha value is -2.57. The van der Waals surface area contributed by atoms with Gasteiger partial charge < -0.3 is 14.4 Å². The molecule has 2 heterocycles. The van der Waals surface area contributed by atoms with Crippen LogP contribution in [0.5, 0.6) is 0 Å². The number of aromatic nitrogens is 1. The monoisotopic (exact) mass is 390 g/mol. The molecule has 0 spiro atoms. The molecule has 1 aliphatic heterocycles. The van der Waals surface area contributed by atoms with E-state index < -0.39 is 11.9 Å². The molecule has 2 aromatic carbocycles. The Bertz CT molecular complexity index is 1050. The average Bonchev–Trinajstić information content (AvgIpc) is 3.18. The van der Waals surface area contributed by atoms with E-state index in [1.54, 1.807) is 36.4 Å². The first-order chi connectivity index (χ1) is 12.4. The third-order valence-electron chi connectivity index (χ3n) is 4.32. The van der Waals surface area contributed by atoms with Crippen molar-refractivity contribution in [3.63, 3.8) is 0 Å². The van der Waals surface area contributed by atoms with E-state index in [0.29, 0.717) is 38.3 Å². The van der Waals surface area contributed by atoms with Crippen LogP contribution in [0.4, 0.5) is 5.69 Å². The molecule has 0 saturated carbocycles. The standard InChI is InChI=1S/C18H12Cl2N2O4/c19-10-1-4-15-14(6-10)21-17(26-15)12-7-11(2-3-13(12)20)22-8-9(18(24)25)5-16(22)23/h1-4,6-7,9H,5,8H2,(H,24,25)/t9-/m1/s1. The van der Waals surface area contributed by atoms with Gasteiger partial charge in [0, 0.05) is 23.7 Å². The maximum Gasteiger partial charge on any atom is 0.308 e. The van der Waals surface area contributed by atoms with Crippen molar-refractivity contribution in [2.75, 3.05) is 11.4 Å². The van der Waals surface area contributed by atoms with Gasteiger partial charge in [0.25, 0.3) is 0 Å². The van der Waals surface area contributed by atoms with Gasteiger partial charge in [-0.25, -0.2) is 4.98 Å². The maximum atomic E-state index is 12.2. The van der Waals surface area contributed by atoms with Gasteiger partial charge in [0.15, 0.2) is 5.58 Å². The highest BCUT2D eigenvalue weighted by atomic mass is 35.5. The number of fused-ring (bicyclic) bond motifs is 1. The number of hydrogen-bond donors (Lipinski definition) is 1. The summed E-state index contributed by atoms with van der Waals surface area (Å²) in [6.07, 6.45) is -0.0192. The Labute approximate surface area is 157 Å². The second-order valence-corrected chi connectivity index (χ2v) is 6.88. The van der Waals surface area contributed by atoms with E-state index in [1.165, 1.54) is 4.90 Å². The highest BCUT2D eigenvalue weighted by Gasteiger charge is 2.35. The van der Waals surface area contributed by atoms with Crippen LogP contribution in [0.2, 0.25) is 10.0 Å². The zero-order chi connectivity index (χ0) is 18.4. The van der Waals surface area contributed by atoms with E-state index >= 15 is 0 Å². The number of carbonyl (C=O) groups excluding carboxylic acids is 1. The molecule has 1 aliphatic rings. The smallest absolute Gasteiger partial charge is 0.308 e. The summed E-state index contributed by atoms with van der Waals surface area (Å²) in [6.45, 7) is 0.123. The van der Waals surface area contributed by atoms with Crippen molar-refractivity contribution in [2.24, 2.45) is 5.92 Å². The molecule has 1 N–H and O–H groups in total. The zero-order valence-corrected chi connectivity index (χ0v) is 14.8. The summed E-state index contributed by atoms with van der Waals surface area (Å²) in [7, 11) is 0. The van der Waals surface area contributed by atoms with E-state index in [-0.39, 0.29) is 18.9 Å². The second-order valence-electron chi connectivity index (χ2n) is 6.04. The molecule has 1 amide bonds. The summed E-state index contributed by atoms with van der Waals surface area (Å²) in [5.74, 6) is -1.63. The number of benzene rings is 2. The largest absolute Gasteiger partial charge is 0.481 e. The SMILES string of the molecule is O=C(O)[C@@H]1CC(=O)N(c2ccc(Cl)c(-c3nc4cc(Cl)ccc4o3)c2)C1. The van der Waals surface area contributed by atoms with Crippen molar-refractivity contribution in [2.45, 2.75) is 6.42 Å². The van der Waals surface area contributed by atoms with Crippen LogP contribution in [-0.2, 0) is 9.59 Å². The van der Waals surface area contributed by atoms with E-state index in [4.69, 9.17) is 32.7 Å². The molecule has 1 fully saturated rings. The van der Waals surface area contributed by atoms with E-state index in [2.05, 4.69) is 4.98 Å². The molecule has 6 nitrogen and oxygen atoms in total. The lowest BCUT2D eigenvalue weighted by atomic mass is 10.1. The average molecular weight is 391 g/mol. The zero-order valence-electron chi connectivity index (χ0n) is 13.3. The van der Waals surface area contributed by atoms with Gasteiger partial charge in [0.05, 0.1) is 16.5 Å². The summed E-state index contributed by atoms with van der Waals surface area (Å²) < 4.78 is 5.74. The van der Waals surface area contributed by atoms with Crippen molar-refractivity contribution in [1.29, 1.82) is 0 Å². The Kier molecular flexibility index (Phi) is 4.09. The molecule has 1 saturated heterocycles. The molecular weight excluding hydrogens is 379 g/mol. The van der Waals surface area contributed by atoms with Gasteiger partial charge in [-0.2, -0.15) is 0 Å². The lowest BCUT2D eigenvalue weighted by Crippen LogP contribution is -2.25. The van der Waals surface area contributed by atoms with Gasteiger partial charge in [0.2, 0.25) is 11.8 Å². The first-order valence-electron chi connectivity index (χ1n) is 7.81. The Morgan fingerprint density at radius 1 is 1.23 bits per heavy atom. The summed E-state index contributed by atoms with van der Waals surface area (Å²) in [5.41, 5.74) is 2.23. The molecule has 1 atom stereocenters. The van der Waals surface area contributed by atoms with Gasteiger partial charge in [-0.1, -0.05) is 23.2 Å². The number of carboxylic acid groups (broad SMARTS) is 1. The molecule has 132 valence electrons. The van der Waals surface area contributed by atoms with E-state index in [1.807, 2.05) is 0 Å². The topological polar surface area (TPSA) is 83.6 Å². The molecule has 8 heteroatoms. The summed E-state index contributed by atoms with van der Waals surface area (Å²) >= 11 is 12.3. The first-order valence-corrected chi connectivity index (χ1v) is 8.57. The third-order valence-corrected chi connectivity index (χ3v) is 4.88. The number of carbonyl (C=O) groups is 2. The predicted molar refractivity (Wildman–Crippen MR) is 97.6 cm³/mol. The van der Waals surface area contributed by atoms with E-state index in [0.717, 1.165) is 0 Å². The van der Waals surface area contributed by atoms with E-state index in [9.17, 15) is 9.59 Å². The van der Waals surface area contributed by atoms with Crippen molar-refractivity contribution < 1.29 is 19.1 Å². The van der Waals surface area contributed by atoms with Gasteiger partial charge in [-0.15, -0.1) is 0 Å². The lowest BCUT2D eigenvalue weighted by molar-refractivity contribution is -0.141. The minimum atomic E-state index is -0.981. The number of halogens is 2. The van der Waals surface area contributed by atoms with Crippen LogP contribution in [-0.4, -0.2) is 28.5 Å². The molecule has 3 aromatic rings. The summed E-state index contributed by atoms with van der Waals surface area (Å²) in [5, 5.41) is 10.1. The highest BCUT2D eigenvalue weighted by Crippen LogP contribution is 2.35. The number of aliphatic carboxylic acids is 1. The number of nitrogens with zero attached hydrogens (tertiary/aromatic N) is 2. The fraction of sp³-hybridized carbons (Fsp3) is 0.167. The molecule has 1 aromatic heterocycles. The summed E-state index contributed by atoms with van der Waals surface area (Å²) in [4.78, 5) is 29.2. The molecule has 26 heavy (non-hydrogen) atoms. The van der Waals surface area contributed by atoms with Crippen LogP contribution in [0.15, 0.2) is 40.8 Å². The second kappa shape index (κ2) is 6.30. The van der Waals surface area contributed by atoms with Crippen LogP contribution in [0, 0.1) is 5.92 Å². The fourth-order valence-corrected chi connectivity index (χ4v) is 3.35. The molecule has 0 unspecified atom stereocenters. The number of anilines is 1. The third kappa shape index (κ3) is 2.91. The number of rotatable bonds is 3. The molecule has 0 aliphatic carbocycles. The predicted octanol–water partition coefficient (Wildman–Crippen LogP) is 4.24. The van der Waals surface area contributed by atoms with Crippen molar-refractivity contribution in [3.8, 4) is 11.5 Å². The number of amides is 1. The number of hydrogen-bond acceptors (Lipinski definition) is 4. The first kappa shape index (κ1) is 16.9. The Morgan fingerprint density at radius 2 is 2.04 bits per heavy atom. The number of carboxylic acids is 1. The lowest BCUT2D eigenvalue weighted by Gasteiger charge is -2.17. The molecule has 0 radical (unpaired) electrons. The highest BCUT2D eigenvalue weighted by molar-refractivity contribution is 6.33. The minimum absolute atomic E-state index is 0.0192. The Balaban J connectivity index is 1.74. The Morgan fingerprint density at radius 3 is 2.77 bits per heavy atom. The minimum Gasteiger partial charge on any atom is -0.481 e. The quantitative estimate of drug-likeness (QED) is 0.722. The van der Waals surface area contributed by atoms with Crippen LogP contribution < -0.4 is 4.90 Å². The van der Waals surface area contributed by atoms with Gasteiger partial charge >= 0.3 is 5.97 Å². The van der Waals surface area contributed by atoms with Crippen LogP contribution >= 0.6 is 23.2 Å². The maximum absolute atomic E-state index is 12.2. The van der Waals surface area contributed by atoms with Gasteiger partial charge in [-0.05, 0) is 36.4 Å². The fourth-order valence-electron chi connectivity index (χ4n) is 2.98. The molecular formula is C18H12Cl2N2O4. The van der Waals surface area contributed by atoms with Crippen molar-refractivity contribution in [3.05, 3.63) is 46.4 Å². The van der Waals surface area contributed by atoms with Crippen molar-refractivity contribution >= 4 is 51.9 Å². The summed E-state index contributed by atoms with van der Waals surface area (Å²) in [6, 6.07) is 10.1. The number of oxazole rings is 1. The van der Waals surface area contributed by atoms with Crippen molar-refractivity contribution in [1.82, 2.24) is 4.98 Å². The van der Waals surface area contributed by atoms with Crippen LogP contribution in [0.3, 0.4) is 0 Å². The van der Waals surface area contributed by atoms with Crippen LogP contribution in [0.1, 0.15) is 6.42 Å². The molecule has 0 bridgehead atoms. The normalized spacial score (nSPS) is 17.2. The van der Waals surface area contributed by atoms with Gasteiger partial charge in [-0.3, -0.25) is 9.59 Å².